The van der Waals surface area contributed by atoms with Crippen LogP contribution in [0.4, 0.5) is 31.5 Å². The van der Waals surface area contributed by atoms with E-state index < -0.39 is 34.9 Å². The van der Waals surface area contributed by atoms with Crippen LogP contribution < -0.4 is 11.1 Å². The van der Waals surface area contributed by atoms with Crippen LogP contribution in [0.1, 0.15) is 42.7 Å². The first kappa shape index (κ1) is 22.2. The molecular formula is C17H17F6N3OS. The van der Waals surface area contributed by atoms with E-state index in [2.05, 4.69) is 10.3 Å². The summed E-state index contributed by atoms with van der Waals surface area (Å²) in [6, 6.07) is 1.39. The summed E-state index contributed by atoms with van der Waals surface area (Å²) in [7, 11) is 0. The predicted octanol–water partition coefficient (Wildman–Crippen LogP) is 4.84. The van der Waals surface area contributed by atoms with Crippen molar-refractivity contribution in [2.45, 2.75) is 44.6 Å². The third kappa shape index (κ3) is 6.48. The minimum atomic E-state index is -4.91. The van der Waals surface area contributed by atoms with Gasteiger partial charge in [0.1, 0.15) is 0 Å². The van der Waals surface area contributed by atoms with Gasteiger partial charge in [0.05, 0.1) is 16.8 Å². The maximum atomic E-state index is 12.9. The summed E-state index contributed by atoms with van der Waals surface area (Å²) in [6.45, 7) is 3.32. The molecule has 0 aliphatic heterocycles. The Morgan fingerprint density at radius 3 is 2.07 bits per heavy atom. The Balaban J connectivity index is 2.22. The van der Waals surface area contributed by atoms with Gasteiger partial charge >= 0.3 is 12.4 Å². The number of nitrogens with two attached hydrogens (primary N) is 1. The number of rotatable bonds is 5. The number of nitrogens with zero attached hydrogens (tertiary/aromatic N) is 1. The van der Waals surface area contributed by atoms with Crippen molar-refractivity contribution >= 4 is 22.4 Å². The number of hydrogen-bond donors (Lipinski definition) is 2. The largest absolute Gasteiger partial charge is 0.416 e. The molecule has 0 atom stereocenters. The van der Waals surface area contributed by atoms with Crippen LogP contribution in [0.25, 0.3) is 0 Å². The van der Waals surface area contributed by atoms with Crippen molar-refractivity contribution in [1.82, 2.24) is 4.98 Å². The molecule has 154 valence electrons. The van der Waals surface area contributed by atoms with E-state index in [-0.39, 0.29) is 35.3 Å². The summed E-state index contributed by atoms with van der Waals surface area (Å²) in [5.41, 5.74) is 2.28. The van der Waals surface area contributed by atoms with Crippen LogP contribution in [0.15, 0.2) is 23.6 Å². The summed E-state index contributed by atoms with van der Waals surface area (Å²) in [5, 5.41) is 4.15. The number of thiazole rings is 1. The first-order valence-corrected chi connectivity index (χ1v) is 8.83. The summed E-state index contributed by atoms with van der Waals surface area (Å²) in [6.07, 6.45) is -10.1. The molecule has 0 saturated heterocycles. The standard InChI is InChI=1S/C17H17F6N3OS/c1-15(2,24)7-13(27)26-14-25-12(8-28-14)5-9-3-10(16(18,19)20)6-11(4-9)17(21,22)23/h3-4,6,8H,5,7,24H2,1-2H3,(H,25,26,27). The number of benzene rings is 1. The average molecular weight is 425 g/mol. The number of carbonyl (C=O) groups is 1. The van der Waals surface area contributed by atoms with E-state index in [0.717, 1.165) is 11.3 Å². The minimum absolute atomic E-state index is 0.0183. The summed E-state index contributed by atoms with van der Waals surface area (Å²) in [4.78, 5) is 15.9. The number of hydrogen-bond acceptors (Lipinski definition) is 4. The number of halogens is 6. The SMILES string of the molecule is CC(C)(N)CC(=O)Nc1nc(Cc2cc(C(F)(F)F)cc(C(F)(F)F)c2)cs1. The predicted molar refractivity (Wildman–Crippen MR) is 92.9 cm³/mol. The number of amides is 1. The minimum Gasteiger partial charge on any atom is -0.325 e. The normalized spacial score (nSPS) is 12.9. The van der Waals surface area contributed by atoms with Gasteiger partial charge in [0.25, 0.3) is 0 Å². The van der Waals surface area contributed by atoms with Gasteiger partial charge in [0.15, 0.2) is 5.13 Å². The molecule has 0 aliphatic carbocycles. The van der Waals surface area contributed by atoms with E-state index in [9.17, 15) is 31.1 Å². The van der Waals surface area contributed by atoms with E-state index in [4.69, 9.17) is 5.73 Å². The topological polar surface area (TPSA) is 68.0 Å². The Kier molecular flexibility index (Phi) is 6.10. The molecule has 1 aromatic carbocycles. The molecule has 2 rings (SSSR count). The van der Waals surface area contributed by atoms with E-state index >= 15 is 0 Å². The molecule has 1 amide bonds. The first-order chi connectivity index (χ1) is 12.6. The van der Waals surface area contributed by atoms with Crippen LogP contribution >= 0.6 is 11.3 Å². The lowest BCUT2D eigenvalue weighted by Crippen LogP contribution is -2.36. The highest BCUT2D eigenvalue weighted by Gasteiger charge is 2.36. The smallest absolute Gasteiger partial charge is 0.325 e. The number of carbonyl (C=O) groups excluding carboxylic acids is 1. The lowest BCUT2D eigenvalue weighted by Gasteiger charge is -2.16. The molecule has 0 spiro atoms. The van der Waals surface area contributed by atoms with Gasteiger partial charge in [0.2, 0.25) is 5.91 Å². The van der Waals surface area contributed by atoms with Crippen molar-refractivity contribution in [2.24, 2.45) is 5.73 Å². The van der Waals surface area contributed by atoms with Gasteiger partial charge in [-0.05, 0) is 37.6 Å². The van der Waals surface area contributed by atoms with E-state index in [1.807, 2.05) is 0 Å². The first-order valence-electron chi connectivity index (χ1n) is 7.95. The van der Waals surface area contributed by atoms with E-state index in [0.29, 0.717) is 12.1 Å². The van der Waals surface area contributed by atoms with Crippen molar-refractivity contribution in [3.8, 4) is 0 Å². The molecule has 1 heterocycles. The maximum Gasteiger partial charge on any atom is 0.416 e. The summed E-state index contributed by atoms with van der Waals surface area (Å²) < 4.78 is 77.5. The second-order valence-electron chi connectivity index (χ2n) is 6.95. The molecule has 2 aromatic rings. The molecule has 4 nitrogen and oxygen atoms in total. The van der Waals surface area contributed by atoms with Crippen molar-refractivity contribution < 1.29 is 31.1 Å². The Morgan fingerprint density at radius 2 is 1.61 bits per heavy atom. The van der Waals surface area contributed by atoms with Gasteiger partial charge in [-0.25, -0.2) is 4.98 Å². The van der Waals surface area contributed by atoms with Crippen molar-refractivity contribution in [1.29, 1.82) is 0 Å². The second-order valence-corrected chi connectivity index (χ2v) is 7.81. The molecule has 0 aliphatic rings. The number of nitrogens with one attached hydrogen (secondary N) is 1. The molecule has 0 radical (unpaired) electrons. The Labute approximate surface area is 160 Å². The molecule has 0 fully saturated rings. The van der Waals surface area contributed by atoms with Crippen LogP contribution in [0.2, 0.25) is 0 Å². The van der Waals surface area contributed by atoms with Crippen LogP contribution in [-0.4, -0.2) is 16.4 Å². The molecule has 28 heavy (non-hydrogen) atoms. The fourth-order valence-electron chi connectivity index (χ4n) is 2.35. The lowest BCUT2D eigenvalue weighted by atomic mass is 10.0. The van der Waals surface area contributed by atoms with E-state index in [1.165, 1.54) is 5.38 Å². The van der Waals surface area contributed by atoms with Crippen molar-refractivity contribution in [3.63, 3.8) is 0 Å². The van der Waals surface area contributed by atoms with Gasteiger partial charge in [-0.1, -0.05) is 0 Å². The Morgan fingerprint density at radius 1 is 1.07 bits per heavy atom. The van der Waals surface area contributed by atoms with Crippen LogP contribution in [0, 0.1) is 0 Å². The van der Waals surface area contributed by atoms with Gasteiger partial charge in [-0.3, -0.25) is 4.79 Å². The highest BCUT2D eigenvalue weighted by atomic mass is 32.1. The zero-order valence-corrected chi connectivity index (χ0v) is 15.6. The summed E-state index contributed by atoms with van der Waals surface area (Å²) >= 11 is 1.01. The molecular weight excluding hydrogens is 408 g/mol. The summed E-state index contributed by atoms with van der Waals surface area (Å²) in [5.74, 6) is -0.396. The number of alkyl halides is 6. The molecule has 0 saturated carbocycles. The fraction of sp³-hybridized carbons (Fsp3) is 0.412. The lowest BCUT2D eigenvalue weighted by molar-refractivity contribution is -0.143. The van der Waals surface area contributed by atoms with Crippen molar-refractivity contribution in [2.75, 3.05) is 5.32 Å². The molecule has 0 unspecified atom stereocenters. The molecule has 0 bridgehead atoms. The monoisotopic (exact) mass is 425 g/mol. The third-order valence-electron chi connectivity index (χ3n) is 3.45. The highest BCUT2D eigenvalue weighted by Crippen LogP contribution is 2.36. The highest BCUT2D eigenvalue weighted by molar-refractivity contribution is 7.13. The zero-order chi connectivity index (χ0) is 21.3. The van der Waals surface area contributed by atoms with Crippen LogP contribution in [0.5, 0.6) is 0 Å². The second kappa shape index (κ2) is 7.70. The van der Waals surface area contributed by atoms with Gasteiger partial charge in [-0.2, -0.15) is 26.3 Å². The van der Waals surface area contributed by atoms with Gasteiger partial charge in [0, 0.05) is 23.8 Å². The molecule has 1 aromatic heterocycles. The molecule has 3 N–H and O–H groups in total. The van der Waals surface area contributed by atoms with E-state index in [1.54, 1.807) is 13.8 Å². The van der Waals surface area contributed by atoms with Crippen LogP contribution in [0.3, 0.4) is 0 Å². The van der Waals surface area contributed by atoms with Crippen molar-refractivity contribution in [3.05, 3.63) is 46.0 Å². The Hall–Kier alpha value is -2.14. The molecule has 11 heteroatoms. The zero-order valence-electron chi connectivity index (χ0n) is 14.8. The maximum absolute atomic E-state index is 12.9. The van der Waals surface area contributed by atoms with Gasteiger partial charge < -0.3 is 11.1 Å². The quantitative estimate of drug-likeness (QED) is 0.674. The average Bonchev–Trinajstić information content (AvgIpc) is 2.89. The fourth-order valence-corrected chi connectivity index (χ4v) is 3.08. The Bertz CT molecular complexity index is 820. The third-order valence-corrected chi connectivity index (χ3v) is 4.25. The number of anilines is 1. The number of aromatic nitrogens is 1. The van der Waals surface area contributed by atoms with Gasteiger partial charge in [-0.15, -0.1) is 11.3 Å². The van der Waals surface area contributed by atoms with Crippen LogP contribution in [-0.2, 0) is 23.6 Å².